The fourth-order valence-corrected chi connectivity index (χ4v) is 9.87. The van der Waals surface area contributed by atoms with Crippen LogP contribution in [0, 0.1) is 0 Å². The average molecular weight is 761 g/mol. The fraction of sp³-hybridized carbons (Fsp3) is 0.123. The third kappa shape index (κ3) is 6.10. The van der Waals surface area contributed by atoms with Gasteiger partial charge in [0.05, 0.1) is 11.0 Å². The second kappa shape index (κ2) is 14.8. The van der Waals surface area contributed by atoms with E-state index in [1.54, 1.807) is 0 Å². The Morgan fingerprint density at radius 2 is 1.24 bits per heavy atom. The third-order valence-corrected chi connectivity index (χ3v) is 12.5. The molecular weight excluding hydrogens is 713 g/mol. The standard InChI is InChI=1S/C57H48N2/c1-5-17-40(6-2)51(35-28-38-18-8-7-9-19-38)58-37-39-20-16-21-42(36-39)41-29-31-43(32-30-41)59-52-27-15-14-24-46(52)49-33-34-50-53-47-25-12-10-22-44(47)45-23-11-13-26-48(45)54(53)57(3,4)55(50)56(49)59/h5-27,29-36,58H,28,37H2,1-4H3/b17-5-,40-6+,51-35-. The molecule has 1 aliphatic rings. The molecule has 1 heterocycles. The number of nitrogens with zero attached hydrogens (tertiary/aromatic N) is 1. The largest absolute Gasteiger partial charge is 0.381 e. The van der Waals surface area contributed by atoms with Crippen molar-refractivity contribution in [2.45, 2.75) is 46.1 Å². The van der Waals surface area contributed by atoms with Crippen LogP contribution >= 0.6 is 0 Å². The van der Waals surface area contributed by atoms with Crippen LogP contribution in [0.4, 0.5) is 0 Å². The highest BCUT2D eigenvalue weighted by Gasteiger charge is 2.41. The van der Waals surface area contributed by atoms with Gasteiger partial charge in [0.15, 0.2) is 0 Å². The van der Waals surface area contributed by atoms with Gasteiger partial charge in [0.25, 0.3) is 0 Å². The summed E-state index contributed by atoms with van der Waals surface area (Å²) in [5.41, 5.74) is 16.3. The molecular formula is C57H48N2. The topological polar surface area (TPSA) is 17.0 Å². The van der Waals surface area contributed by atoms with Crippen molar-refractivity contribution < 1.29 is 0 Å². The normalized spacial score (nSPS) is 13.8. The van der Waals surface area contributed by atoms with Gasteiger partial charge in [-0.25, -0.2) is 0 Å². The Labute approximate surface area is 347 Å². The van der Waals surface area contributed by atoms with E-state index < -0.39 is 0 Å². The summed E-state index contributed by atoms with van der Waals surface area (Å²) in [7, 11) is 0. The molecule has 0 atom stereocenters. The second-order valence-electron chi connectivity index (χ2n) is 16.4. The van der Waals surface area contributed by atoms with Crippen molar-refractivity contribution in [2.24, 2.45) is 0 Å². The average Bonchev–Trinajstić information content (AvgIpc) is 3.75. The molecule has 10 rings (SSSR count). The zero-order chi connectivity index (χ0) is 40.1. The van der Waals surface area contributed by atoms with E-state index in [1.165, 1.54) is 99.1 Å². The molecule has 0 unspecified atom stereocenters. The molecule has 0 saturated heterocycles. The van der Waals surface area contributed by atoms with Crippen LogP contribution < -0.4 is 5.32 Å². The van der Waals surface area contributed by atoms with Crippen molar-refractivity contribution >= 4 is 43.4 Å². The van der Waals surface area contributed by atoms with Crippen molar-refractivity contribution in [1.82, 2.24) is 9.88 Å². The molecule has 9 aromatic rings. The van der Waals surface area contributed by atoms with E-state index in [2.05, 4.69) is 226 Å². The lowest BCUT2D eigenvalue weighted by atomic mass is 9.78. The van der Waals surface area contributed by atoms with Crippen molar-refractivity contribution in [1.29, 1.82) is 0 Å². The first-order valence-corrected chi connectivity index (χ1v) is 20.9. The molecule has 1 N–H and O–H groups in total. The lowest BCUT2D eigenvalue weighted by Gasteiger charge is -2.25. The monoisotopic (exact) mass is 760 g/mol. The van der Waals surface area contributed by atoms with Crippen LogP contribution in [0.1, 0.15) is 49.9 Å². The number of para-hydroxylation sites is 1. The van der Waals surface area contributed by atoms with Crippen LogP contribution in [0.25, 0.3) is 71.3 Å². The first-order chi connectivity index (χ1) is 29.0. The van der Waals surface area contributed by atoms with Gasteiger partial charge < -0.3 is 9.88 Å². The molecule has 0 spiro atoms. The molecule has 0 radical (unpaired) electrons. The molecule has 0 saturated carbocycles. The van der Waals surface area contributed by atoms with Gasteiger partial charge >= 0.3 is 0 Å². The third-order valence-electron chi connectivity index (χ3n) is 12.5. The molecule has 0 fully saturated rings. The summed E-state index contributed by atoms with van der Waals surface area (Å²) in [6.45, 7) is 9.79. The maximum atomic E-state index is 3.77. The Bertz CT molecular complexity index is 3150. The Hall–Kier alpha value is -6.90. The van der Waals surface area contributed by atoms with Crippen LogP contribution in [0.5, 0.6) is 0 Å². The van der Waals surface area contributed by atoms with Crippen molar-refractivity contribution in [3.63, 3.8) is 0 Å². The number of rotatable bonds is 9. The Morgan fingerprint density at radius 1 is 0.576 bits per heavy atom. The van der Waals surface area contributed by atoms with Gasteiger partial charge in [-0.2, -0.15) is 0 Å². The van der Waals surface area contributed by atoms with Gasteiger partial charge in [-0.05, 0) is 116 Å². The van der Waals surface area contributed by atoms with E-state index in [0.717, 1.165) is 18.7 Å². The number of aromatic nitrogens is 1. The predicted octanol–water partition coefficient (Wildman–Crippen LogP) is 14.8. The highest BCUT2D eigenvalue weighted by Crippen LogP contribution is 2.57. The maximum absolute atomic E-state index is 3.77. The first-order valence-electron chi connectivity index (χ1n) is 20.9. The molecule has 0 aliphatic heterocycles. The zero-order valence-electron chi connectivity index (χ0n) is 34.3. The molecule has 1 aromatic heterocycles. The minimum atomic E-state index is -0.231. The fourth-order valence-electron chi connectivity index (χ4n) is 9.87. The maximum Gasteiger partial charge on any atom is 0.0588 e. The second-order valence-corrected chi connectivity index (χ2v) is 16.4. The first kappa shape index (κ1) is 36.4. The number of fused-ring (bicyclic) bond motifs is 12. The summed E-state index contributed by atoms with van der Waals surface area (Å²) in [5, 5.41) is 11.7. The SMILES string of the molecule is C\C=C/C(=C\C)C(=C/Cc1ccccc1)/NCc1cccc(-c2ccc(-n3c4ccccc4c4ccc5c(c43)C(C)(C)c3c-5c4ccccc4c4ccccc34)cc2)c1. The Morgan fingerprint density at radius 3 is 1.98 bits per heavy atom. The summed E-state index contributed by atoms with van der Waals surface area (Å²) in [5.74, 6) is 0. The van der Waals surface area contributed by atoms with Crippen LogP contribution in [-0.2, 0) is 18.4 Å². The quantitative estimate of drug-likeness (QED) is 0.115. The summed E-state index contributed by atoms with van der Waals surface area (Å²) >= 11 is 0. The van der Waals surface area contributed by atoms with Crippen LogP contribution in [0.2, 0.25) is 0 Å². The van der Waals surface area contributed by atoms with Gasteiger partial charge in [0, 0.05) is 34.1 Å². The lowest BCUT2D eigenvalue weighted by molar-refractivity contribution is 0.670. The summed E-state index contributed by atoms with van der Waals surface area (Å²) in [6.07, 6.45) is 9.64. The van der Waals surface area contributed by atoms with Gasteiger partial charge in [0.2, 0.25) is 0 Å². The zero-order valence-corrected chi connectivity index (χ0v) is 34.3. The van der Waals surface area contributed by atoms with Gasteiger partial charge in [0.1, 0.15) is 0 Å². The van der Waals surface area contributed by atoms with Crippen molar-refractivity contribution in [3.8, 4) is 27.9 Å². The summed E-state index contributed by atoms with van der Waals surface area (Å²) in [4.78, 5) is 0. The smallest absolute Gasteiger partial charge is 0.0588 e. The summed E-state index contributed by atoms with van der Waals surface area (Å²) < 4.78 is 2.53. The molecule has 2 nitrogen and oxygen atoms in total. The molecule has 59 heavy (non-hydrogen) atoms. The molecule has 2 heteroatoms. The highest BCUT2D eigenvalue weighted by molar-refractivity contribution is 6.21. The van der Waals surface area contributed by atoms with Crippen LogP contribution in [-0.4, -0.2) is 4.57 Å². The molecule has 0 bridgehead atoms. The van der Waals surface area contributed by atoms with E-state index in [4.69, 9.17) is 0 Å². The van der Waals surface area contributed by atoms with Crippen molar-refractivity contribution in [3.05, 3.63) is 222 Å². The number of hydrogen-bond acceptors (Lipinski definition) is 1. The molecule has 1 aliphatic carbocycles. The van der Waals surface area contributed by atoms with E-state index in [1.807, 2.05) is 0 Å². The van der Waals surface area contributed by atoms with Gasteiger partial charge in [-0.1, -0.05) is 178 Å². The number of nitrogens with one attached hydrogen (secondary N) is 1. The highest BCUT2D eigenvalue weighted by atomic mass is 15.0. The molecule has 8 aromatic carbocycles. The van der Waals surface area contributed by atoms with E-state index in [9.17, 15) is 0 Å². The van der Waals surface area contributed by atoms with Crippen LogP contribution in [0.15, 0.2) is 199 Å². The van der Waals surface area contributed by atoms with Crippen LogP contribution in [0.3, 0.4) is 0 Å². The van der Waals surface area contributed by atoms with Gasteiger partial charge in [-0.3, -0.25) is 0 Å². The lowest BCUT2D eigenvalue weighted by Crippen LogP contribution is -2.17. The number of hydrogen-bond donors (Lipinski definition) is 1. The van der Waals surface area contributed by atoms with Gasteiger partial charge in [-0.15, -0.1) is 0 Å². The number of allylic oxidation sites excluding steroid dienone is 4. The van der Waals surface area contributed by atoms with E-state index >= 15 is 0 Å². The Balaban J connectivity index is 1.04. The van der Waals surface area contributed by atoms with E-state index in [0.29, 0.717) is 0 Å². The molecule has 0 amide bonds. The summed E-state index contributed by atoms with van der Waals surface area (Å²) in [6, 6.07) is 60.5. The minimum Gasteiger partial charge on any atom is -0.381 e. The molecule has 286 valence electrons. The Kier molecular flexibility index (Phi) is 9.14. The predicted molar refractivity (Wildman–Crippen MR) is 252 cm³/mol. The minimum absolute atomic E-state index is 0.231. The van der Waals surface area contributed by atoms with E-state index in [-0.39, 0.29) is 5.41 Å². The van der Waals surface area contributed by atoms with Crippen molar-refractivity contribution in [2.75, 3.05) is 0 Å². The number of benzene rings is 8.